The second kappa shape index (κ2) is 13.1. The van der Waals surface area contributed by atoms with Crippen LogP contribution in [0.4, 0.5) is 5.69 Å². The van der Waals surface area contributed by atoms with Crippen LogP contribution < -0.4 is 9.62 Å². The highest BCUT2D eigenvalue weighted by Crippen LogP contribution is 2.28. The number of nitrogens with one attached hydrogen (secondary N) is 1. The molecule has 1 N–H and O–H groups in total. The zero-order chi connectivity index (χ0) is 26.2. The van der Waals surface area contributed by atoms with E-state index in [4.69, 9.17) is 23.2 Å². The minimum atomic E-state index is -4.01. The number of hydrogen-bond donors (Lipinski definition) is 1. The molecule has 0 fully saturated rings. The monoisotopic (exact) mass is 542 g/mol. The van der Waals surface area contributed by atoms with Crippen LogP contribution in [0.25, 0.3) is 0 Å². The Kier molecular flexibility index (Phi) is 10.8. The molecule has 0 aromatic heterocycles. The maximum atomic E-state index is 13.7. The highest BCUT2D eigenvalue weighted by Gasteiger charge is 2.34. The number of rotatable bonds is 12. The van der Waals surface area contributed by atoms with Crippen LogP contribution in [0.1, 0.15) is 32.3 Å². The summed E-state index contributed by atoms with van der Waals surface area (Å²) in [5.74, 6) is -0.888. The number of amides is 2. The van der Waals surface area contributed by atoms with E-state index in [9.17, 15) is 18.0 Å². The van der Waals surface area contributed by atoms with Crippen molar-refractivity contribution in [1.82, 2.24) is 14.5 Å². The van der Waals surface area contributed by atoms with E-state index in [0.29, 0.717) is 34.3 Å². The highest BCUT2D eigenvalue weighted by atomic mass is 35.5. The van der Waals surface area contributed by atoms with Crippen molar-refractivity contribution in [3.05, 3.63) is 64.1 Å². The number of halogens is 2. The number of benzene rings is 2. The molecule has 1 unspecified atom stereocenters. The molecule has 0 radical (unpaired) electrons. The molecular formula is C24H32Cl2N4O4S. The standard InChI is InChI=1S/C24H32Cl2N4O4S/c1-5-15-27-24(32)22(6-2)29(16-19-20(25)13-10-14-21(19)26)23(31)17-30(35(33,34)28(3)4)18-11-8-7-9-12-18/h7-14,22H,5-6,15-17H2,1-4H3,(H,27,32). The van der Waals surface area contributed by atoms with Crippen molar-refractivity contribution in [3.63, 3.8) is 0 Å². The summed E-state index contributed by atoms with van der Waals surface area (Å²) >= 11 is 12.7. The number of hydrogen-bond acceptors (Lipinski definition) is 4. The van der Waals surface area contributed by atoms with Gasteiger partial charge in [0, 0.05) is 42.8 Å². The van der Waals surface area contributed by atoms with Crippen LogP contribution in [0, 0.1) is 0 Å². The van der Waals surface area contributed by atoms with Crippen LogP contribution in [0.15, 0.2) is 48.5 Å². The fourth-order valence-corrected chi connectivity index (χ4v) is 5.02. The second-order valence-corrected chi connectivity index (χ2v) is 11.0. The van der Waals surface area contributed by atoms with Gasteiger partial charge in [-0.15, -0.1) is 0 Å². The molecule has 0 aliphatic rings. The van der Waals surface area contributed by atoms with Gasteiger partial charge >= 0.3 is 10.2 Å². The van der Waals surface area contributed by atoms with Gasteiger partial charge in [-0.2, -0.15) is 12.7 Å². The Bertz CT molecular complexity index is 1090. The minimum absolute atomic E-state index is 0.0555. The van der Waals surface area contributed by atoms with Crippen molar-refractivity contribution < 1.29 is 18.0 Å². The molecule has 2 rings (SSSR count). The lowest BCUT2D eigenvalue weighted by molar-refractivity contribution is -0.140. The molecule has 0 heterocycles. The van der Waals surface area contributed by atoms with Gasteiger partial charge in [-0.3, -0.25) is 9.59 Å². The second-order valence-electron chi connectivity index (χ2n) is 8.07. The molecule has 2 aromatic rings. The maximum absolute atomic E-state index is 13.7. The first-order chi connectivity index (χ1) is 16.5. The first kappa shape index (κ1) is 28.9. The van der Waals surface area contributed by atoms with Gasteiger partial charge in [0.1, 0.15) is 12.6 Å². The van der Waals surface area contributed by atoms with E-state index in [2.05, 4.69) is 5.32 Å². The van der Waals surface area contributed by atoms with Crippen molar-refractivity contribution in [2.45, 2.75) is 39.3 Å². The Morgan fingerprint density at radius 2 is 1.57 bits per heavy atom. The lowest BCUT2D eigenvalue weighted by Crippen LogP contribution is -2.53. The Hall–Kier alpha value is -2.33. The summed E-state index contributed by atoms with van der Waals surface area (Å²) in [5, 5.41) is 3.52. The van der Waals surface area contributed by atoms with E-state index in [1.165, 1.54) is 19.0 Å². The van der Waals surface area contributed by atoms with Gasteiger partial charge in [0.2, 0.25) is 11.8 Å². The number of carbonyl (C=O) groups is 2. The van der Waals surface area contributed by atoms with E-state index in [1.807, 2.05) is 6.92 Å². The third-order valence-corrected chi connectivity index (χ3v) is 7.92. The fraction of sp³-hybridized carbons (Fsp3) is 0.417. The quantitative estimate of drug-likeness (QED) is 0.439. The summed E-state index contributed by atoms with van der Waals surface area (Å²) in [7, 11) is -1.22. The summed E-state index contributed by atoms with van der Waals surface area (Å²) in [6.07, 6.45) is 1.05. The third-order valence-electron chi connectivity index (χ3n) is 5.39. The van der Waals surface area contributed by atoms with E-state index >= 15 is 0 Å². The fourth-order valence-electron chi connectivity index (χ4n) is 3.45. The van der Waals surface area contributed by atoms with E-state index in [1.54, 1.807) is 55.5 Å². The third kappa shape index (κ3) is 7.33. The van der Waals surface area contributed by atoms with Gasteiger partial charge in [0.15, 0.2) is 0 Å². The summed E-state index contributed by atoms with van der Waals surface area (Å²) in [6, 6.07) is 12.5. The Morgan fingerprint density at radius 3 is 2.09 bits per heavy atom. The highest BCUT2D eigenvalue weighted by molar-refractivity contribution is 7.90. The average molecular weight is 544 g/mol. The van der Waals surface area contributed by atoms with Crippen LogP contribution >= 0.6 is 23.2 Å². The summed E-state index contributed by atoms with van der Waals surface area (Å²) in [6.45, 7) is 3.60. The van der Waals surface area contributed by atoms with Gasteiger partial charge in [-0.05, 0) is 37.1 Å². The molecule has 192 valence electrons. The molecule has 0 spiro atoms. The van der Waals surface area contributed by atoms with Gasteiger partial charge in [0.25, 0.3) is 0 Å². The molecule has 0 aliphatic carbocycles. The zero-order valence-electron chi connectivity index (χ0n) is 20.4. The molecule has 0 saturated heterocycles. The van der Waals surface area contributed by atoms with Crippen molar-refractivity contribution in [1.29, 1.82) is 0 Å². The minimum Gasteiger partial charge on any atom is -0.354 e. The van der Waals surface area contributed by atoms with Crippen molar-refractivity contribution >= 4 is 50.9 Å². The van der Waals surface area contributed by atoms with Crippen molar-refractivity contribution in [2.75, 3.05) is 31.5 Å². The lowest BCUT2D eigenvalue weighted by Gasteiger charge is -2.34. The van der Waals surface area contributed by atoms with Crippen LogP contribution in [0.5, 0.6) is 0 Å². The maximum Gasteiger partial charge on any atom is 0.304 e. The SMILES string of the molecule is CCCNC(=O)C(CC)N(Cc1c(Cl)cccc1Cl)C(=O)CN(c1ccccc1)S(=O)(=O)N(C)C. The molecule has 0 bridgehead atoms. The Labute approximate surface area is 218 Å². The first-order valence-electron chi connectivity index (χ1n) is 11.3. The van der Waals surface area contributed by atoms with Crippen LogP contribution in [0.3, 0.4) is 0 Å². The predicted molar refractivity (Wildman–Crippen MR) is 141 cm³/mol. The van der Waals surface area contributed by atoms with Gasteiger partial charge in [0.05, 0.1) is 5.69 Å². The van der Waals surface area contributed by atoms with Crippen molar-refractivity contribution in [3.8, 4) is 0 Å². The normalized spacial score (nSPS) is 12.3. The van der Waals surface area contributed by atoms with E-state index < -0.39 is 28.7 Å². The van der Waals surface area contributed by atoms with Gasteiger partial charge < -0.3 is 10.2 Å². The number of nitrogens with zero attached hydrogens (tertiary/aromatic N) is 3. The van der Waals surface area contributed by atoms with Gasteiger partial charge in [-0.1, -0.05) is 61.3 Å². The molecular weight excluding hydrogens is 511 g/mol. The number of para-hydroxylation sites is 1. The molecule has 0 aliphatic heterocycles. The number of carbonyl (C=O) groups excluding carboxylic acids is 2. The van der Waals surface area contributed by atoms with Crippen molar-refractivity contribution in [2.24, 2.45) is 0 Å². The largest absolute Gasteiger partial charge is 0.354 e. The van der Waals surface area contributed by atoms with E-state index in [0.717, 1.165) is 15.0 Å². The molecule has 35 heavy (non-hydrogen) atoms. The molecule has 11 heteroatoms. The Morgan fingerprint density at radius 1 is 0.971 bits per heavy atom. The Balaban J connectivity index is 2.52. The predicted octanol–water partition coefficient (Wildman–Crippen LogP) is 3.94. The van der Waals surface area contributed by atoms with Crippen LogP contribution in [-0.2, 0) is 26.3 Å². The van der Waals surface area contributed by atoms with E-state index in [-0.39, 0.29) is 12.5 Å². The lowest BCUT2D eigenvalue weighted by atomic mass is 10.1. The van der Waals surface area contributed by atoms with Crippen LogP contribution in [-0.4, -0.2) is 62.7 Å². The van der Waals surface area contributed by atoms with Gasteiger partial charge in [-0.25, -0.2) is 4.31 Å². The smallest absolute Gasteiger partial charge is 0.304 e. The average Bonchev–Trinajstić information content (AvgIpc) is 2.82. The first-order valence-corrected chi connectivity index (χ1v) is 13.4. The summed E-state index contributed by atoms with van der Waals surface area (Å²) in [5.41, 5.74) is 0.807. The molecule has 1 atom stereocenters. The molecule has 2 aromatic carbocycles. The number of anilines is 1. The molecule has 0 saturated carbocycles. The topological polar surface area (TPSA) is 90.0 Å². The molecule has 2 amide bonds. The summed E-state index contributed by atoms with van der Waals surface area (Å²) < 4.78 is 28.3. The van der Waals surface area contributed by atoms with Crippen LogP contribution in [0.2, 0.25) is 10.0 Å². The molecule has 8 nitrogen and oxygen atoms in total. The zero-order valence-corrected chi connectivity index (χ0v) is 22.7. The summed E-state index contributed by atoms with van der Waals surface area (Å²) in [4.78, 5) is 28.1.